The molecule has 0 spiro atoms. The molecule has 3 aromatic rings. The van der Waals surface area contributed by atoms with Crippen molar-refractivity contribution in [3.8, 4) is 16.3 Å². The van der Waals surface area contributed by atoms with Crippen LogP contribution in [0.1, 0.15) is 40.2 Å². The van der Waals surface area contributed by atoms with Gasteiger partial charge in [-0.2, -0.15) is 4.89 Å². The lowest BCUT2D eigenvalue weighted by molar-refractivity contribution is -0.626. The molecule has 0 radical (unpaired) electrons. The van der Waals surface area contributed by atoms with Gasteiger partial charge < -0.3 is 9.84 Å². The molecule has 0 bridgehead atoms. The zero-order chi connectivity index (χ0) is 20.7. The van der Waals surface area contributed by atoms with E-state index in [1.165, 1.54) is 0 Å². The lowest BCUT2D eigenvalue weighted by Gasteiger charge is -2.61. The maximum Gasteiger partial charge on any atom is 0.262 e. The second-order valence-corrected chi connectivity index (χ2v) is 10.6. The smallest absolute Gasteiger partial charge is 0.262 e. The van der Waals surface area contributed by atoms with Gasteiger partial charge in [-0.15, -0.1) is 11.3 Å². The number of benzene rings is 2. The fourth-order valence-electron chi connectivity index (χ4n) is 5.19. The molecule has 6 heteroatoms. The molecule has 0 aliphatic carbocycles. The Morgan fingerprint density at radius 1 is 1.07 bits per heavy atom. The van der Waals surface area contributed by atoms with Crippen LogP contribution in [-0.4, -0.2) is 22.3 Å². The summed E-state index contributed by atoms with van der Waals surface area (Å²) in [4.78, 5) is 16.6. The number of fused-ring (bicyclic) bond motifs is 2. The molecule has 2 aliphatic heterocycles. The third-order valence-electron chi connectivity index (χ3n) is 6.28. The number of hydrogen-bond donors (Lipinski definition) is 1. The van der Waals surface area contributed by atoms with E-state index in [0.717, 1.165) is 26.4 Å². The van der Waals surface area contributed by atoms with E-state index >= 15 is 0 Å². The number of hydrogen-bond acceptors (Lipinski definition) is 6. The molecular weight excluding hydrogens is 386 g/mol. The summed E-state index contributed by atoms with van der Waals surface area (Å²) in [7, 11) is 0. The lowest BCUT2D eigenvalue weighted by atomic mass is 9.57. The van der Waals surface area contributed by atoms with Crippen molar-refractivity contribution in [3.63, 3.8) is 0 Å². The maximum atomic E-state index is 10.4. The third kappa shape index (κ3) is 2.28. The van der Waals surface area contributed by atoms with E-state index in [1.807, 2.05) is 24.3 Å². The van der Waals surface area contributed by atoms with E-state index in [1.54, 1.807) is 23.5 Å². The number of rotatable bonds is 2. The molecule has 2 atom stereocenters. The van der Waals surface area contributed by atoms with Gasteiger partial charge in [0.1, 0.15) is 10.8 Å². The van der Waals surface area contributed by atoms with Gasteiger partial charge in [-0.25, -0.2) is 9.87 Å². The van der Waals surface area contributed by atoms with E-state index in [2.05, 4.69) is 40.7 Å². The van der Waals surface area contributed by atoms with Crippen LogP contribution in [0.4, 0.5) is 0 Å². The van der Waals surface area contributed by atoms with Crippen molar-refractivity contribution in [2.75, 3.05) is 6.61 Å². The van der Waals surface area contributed by atoms with Gasteiger partial charge in [-0.1, -0.05) is 46.8 Å². The van der Waals surface area contributed by atoms with Crippen LogP contribution in [0.5, 0.6) is 5.75 Å². The molecule has 2 aromatic carbocycles. The van der Waals surface area contributed by atoms with Crippen LogP contribution >= 0.6 is 11.3 Å². The number of thiazole rings is 1. The normalized spacial score (nSPS) is 28.3. The Balaban J connectivity index is 1.76. The highest BCUT2D eigenvalue weighted by Gasteiger charge is 2.81. The molecule has 2 saturated heterocycles. The summed E-state index contributed by atoms with van der Waals surface area (Å²) in [6.07, 6.45) is 0. The van der Waals surface area contributed by atoms with Crippen LogP contribution < -0.4 is 0 Å². The summed E-state index contributed by atoms with van der Waals surface area (Å²) in [5.74, 6) is -0.952. The Morgan fingerprint density at radius 3 is 2.48 bits per heavy atom. The van der Waals surface area contributed by atoms with Crippen LogP contribution in [0.3, 0.4) is 0 Å². The van der Waals surface area contributed by atoms with Crippen molar-refractivity contribution in [1.82, 2.24) is 4.98 Å². The van der Waals surface area contributed by atoms with E-state index in [-0.39, 0.29) is 16.6 Å². The molecule has 0 saturated carbocycles. The van der Waals surface area contributed by atoms with Crippen molar-refractivity contribution in [3.05, 3.63) is 48.0 Å². The highest BCUT2D eigenvalue weighted by molar-refractivity contribution is 7.21. The fourth-order valence-corrected chi connectivity index (χ4v) is 6.20. The summed E-state index contributed by atoms with van der Waals surface area (Å²) in [6.45, 7) is 11.2. The molecule has 1 aromatic heterocycles. The number of para-hydroxylation sites is 1. The van der Waals surface area contributed by atoms with Crippen molar-refractivity contribution in [2.45, 2.75) is 46.0 Å². The first-order valence-electron chi connectivity index (χ1n) is 9.82. The lowest BCUT2D eigenvalue weighted by Crippen LogP contribution is -2.73. The van der Waals surface area contributed by atoms with Gasteiger partial charge in [0.05, 0.1) is 16.8 Å². The van der Waals surface area contributed by atoms with Crippen LogP contribution in [0.25, 0.3) is 20.8 Å². The van der Waals surface area contributed by atoms with Crippen LogP contribution in [0.15, 0.2) is 42.5 Å². The van der Waals surface area contributed by atoms with E-state index in [4.69, 9.17) is 19.5 Å². The summed E-state index contributed by atoms with van der Waals surface area (Å²) in [6, 6.07) is 13.4. The Morgan fingerprint density at radius 2 is 1.83 bits per heavy atom. The molecule has 29 heavy (non-hydrogen) atoms. The first kappa shape index (κ1) is 19.0. The second kappa shape index (κ2) is 5.79. The minimum absolute atomic E-state index is 0.158. The first-order chi connectivity index (χ1) is 13.6. The average molecular weight is 412 g/mol. The van der Waals surface area contributed by atoms with Crippen molar-refractivity contribution >= 4 is 21.6 Å². The van der Waals surface area contributed by atoms with Crippen molar-refractivity contribution in [1.29, 1.82) is 0 Å². The van der Waals surface area contributed by atoms with Gasteiger partial charge in [-0.05, 0) is 30.3 Å². The predicted molar refractivity (Wildman–Crippen MR) is 112 cm³/mol. The minimum atomic E-state index is -1.11. The van der Waals surface area contributed by atoms with Gasteiger partial charge >= 0.3 is 0 Å². The van der Waals surface area contributed by atoms with Gasteiger partial charge in [0.2, 0.25) is 0 Å². The predicted octanol–water partition coefficient (Wildman–Crippen LogP) is 5.62. The number of ether oxygens (including phenoxy) is 1. The summed E-state index contributed by atoms with van der Waals surface area (Å²) < 4.78 is 7.49. The Bertz CT molecular complexity index is 1080. The summed E-state index contributed by atoms with van der Waals surface area (Å²) >= 11 is 1.61. The van der Waals surface area contributed by atoms with E-state index < -0.39 is 11.4 Å². The highest BCUT2D eigenvalue weighted by Crippen LogP contribution is 2.70. The molecule has 152 valence electrons. The number of phenolic OH excluding ortho intramolecular Hbond substituents is 1. The summed E-state index contributed by atoms with van der Waals surface area (Å²) in [5, 5.41) is 11.2. The van der Waals surface area contributed by atoms with Gasteiger partial charge in [-0.3, -0.25) is 0 Å². The Kier molecular flexibility index (Phi) is 3.79. The highest BCUT2D eigenvalue weighted by atomic mass is 32.1. The Labute approximate surface area is 174 Å². The monoisotopic (exact) mass is 411 g/mol. The number of aromatic nitrogens is 1. The largest absolute Gasteiger partial charge is 0.508 e. The van der Waals surface area contributed by atoms with E-state index in [0.29, 0.717) is 6.61 Å². The number of nitrogens with zero attached hydrogens (tertiary/aromatic N) is 1. The van der Waals surface area contributed by atoms with Gasteiger partial charge in [0.15, 0.2) is 5.60 Å². The molecule has 2 aliphatic rings. The second-order valence-electron chi connectivity index (χ2n) is 9.60. The standard InChI is InChI=1S/C23H25NO4S/c1-20(2,3)23-21(4,5)13-26-22(23,27-28-23)16-12-14(25)10-11-15(16)19-24-17-8-6-7-9-18(17)29-19/h6-12,25H,13H2,1-5H3/t22-,23-/m0/s1. The first-order valence-corrected chi connectivity index (χ1v) is 10.6. The molecule has 0 unspecified atom stereocenters. The number of phenols is 1. The van der Waals surface area contributed by atoms with Crippen molar-refractivity contribution in [2.24, 2.45) is 10.8 Å². The van der Waals surface area contributed by atoms with Crippen molar-refractivity contribution < 1.29 is 19.6 Å². The number of aromatic hydroxyl groups is 1. The fraction of sp³-hybridized carbons (Fsp3) is 0.435. The molecule has 2 fully saturated rings. The maximum absolute atomic E-state index is 10.4. The summed E-state index contributed by atoms with van der Waals surface area (Å²) in [5.41, 5.74) is 1.31. The van der Waals surface area contributed by atoms with Crippen LogP contribution in [0, 0.1) is 10.8 Å². The molecule has 3 heterocycles. The molecule has 5 nitrogen and oxygen atoms in total. The zero-order valence-electron chi connectivity index (χ0n) is 17.3. The average Bonchev–Trinajstić information content (AvgIpc) is 3.09. The zero-order valence-corrected chi connectivity index (χ0v) is 18.1. The van der Waals surface area contributed by atoms with Crippen LogP contribution in [0.2, 0.25) is 0 Å². The SMILES string of the molecule is CC(C)(C)[C@@]12OO[C@]1(c1cc(O)ccc1-c1nc3ccccc3s1)OCC2(C)C. The topological polar surface area (TPSA) is 60.8 Å². The molecule has 5 rings (SSSR count). The minimum Gasteiger partial charge on any atom is -0.508 e. The van der Waals surface area contributed by atoms with Gasteiger partial charge in [0, 0.05) is 22.0 Å². The molecule has 0 amide bonds. The molecule has 1 N–H and O–H groups in total. The molecular formula is C23H25NO4S. The van der Waals surface area contributed by atoms with Gasteiger partial charge in [0.25, 0.3) is 5.79 Å². The Hall–Kier alpha value is -1.99. The third-order valence-corrected chi connectivity index (χ3v) is 7.34. The van der Waals surface area contributed by atoms with Crippen LogP contribution in [-0.2, 0) is 20.3 Å². The van der Waals surface area contributed by atoms with E-state index in [9.17, 15) is 5.11 Å². The quantitative estimate of drug-likeness (QED) is 0.554.